The van der Waals surface area contributed by atoms with Crippen LogP contribution < -0.4 is 5.32 Å². The van der Waals surface area contributed by atoms with Crippen LogP contribution in [-0.4, -0.2) is 20.3 Å². The summed E-state index contributed by atoms with van der Waals surface area (Å²) in [5, 5.41) is 23.4. The minimum Gasteiger partial charge on any atom is -0.515 e. The number of rotatable bonds is 6. The number of aliphatic hydroxyl groups is 1. The van der Waals surface area contributed by atoms with Gasteiger partial charge in [-0.3, -0.25) is 4.98 Å². The predicted molar refractivity (Wildman–Crippen MR) is 122 cm³/mol. The highest BCUT2D eigenvalue weighted by molar-refractivity contribution is 5.94. The second-order valence-corrected chi connectivity index (χ2v) is 7.03. The van der Waals surface area contributed by atoms with Gasteiger partial charge in [0.05, 0.1) is 12.0 Å². The molecule has 5 nitrogen and oxygen atoms in total. The Morgan fingerprint density at radius 1 is 0.933 bits per heavy atom. The van der Waals surface area contributed by atoms with Gasteiger partial charge >= 0.3 is 0 Å². The quantitative estimate of drug-likeness (QED) is 0.318. The Labute approximate surface area is 175 Å². The molecule has 0 bridgehead atoms. The number of benzene rings is 2. The molecular weight excluding hydrogens is 372 g/mol. The van der Waals surface area contributed by atoms with Crippen molar-refractivity contribution in [1.29, 1.82) is 0 Å². The third kappa shape index (κ3) is 4.52. The molecule has 0 unspecified atom stereocenters. The molecule has 0 spiro atoms. The van der Waals surface area contributed by atoms with Crippen molar-refractivity contribution in [3.63, 3.8) is 0 Å². The molecule has 2 N–H and O–H groups in total. The number of anilines is 2. The molecule has 4 aromatic rings. The fraction of sp³-hybridized carbons (Fsp3) is 0.0800. The monoisotopic (exact) mass is 394 g/mol. The molecule has 148 valence electrons. The van der Waals surface area contributed by atoms with E-state index in [1.807, 2.05) is 67.6 Å². The van der Waals surface area contributed by atoms with Crippen LogP contribution in [-0.2, 0) is 6.42 Å². The van der Waals surface area contributed by atoms with Gasteiger partial charge in [0.2, 0.25) is 0 Å². The van der Waals surface area contributed by atoms with E-state index in [2.05, 4.69) is 32.6 Å². The number of allylic oxidation sites excluding steroid dienone is 2. The van der Waals surface area contributed by atoms with Crippen LogP contribution in [0, 0.1) is 0 Å². The molecule has 2 heterocycles. The van der Waals surface area contributed by atoms with E-state index in [9.17, 15) is 0 Å². The highest BCUT2D eigenvalue weighted by Gasteiger charge is 2.10. The largest absolute Gasteiger partial charge is 0.515 e. The van der Waals surface area contributed by atoms with E-state index in [0.717, 1.165) is 50.9 Å². The molecule has 2 aromatic heterocycles. The van der Waals surface area contributed by atoms with Crippen molar-refractivity contribution in [2.75, 3.05) is 5.32 Å². The van der Waals surface area contributed by atoms with Crippen molar-refractivity contribution in [1.82, 2.24) is 15.2 Å². The van der Waals surface area contributed by atoms with Crippen LogP contribution in [0.5, 0.6) is 0 Å². The molecule has 0 atom stereocenters. The number of aromatic nitrogens is 3. The predicted octanol–water partition coefficient (Wildman–Crippen LogP) is 5.83. The Hall–Kier alpha value is -3.99. The summed E-state index contributed by atoms with van der Waals surface area (Å²) in [6.45, 7) is 1.84. The van der Waals surface area contributed by atoms with Crippen molar-refractivity contribution in [2.24, 2.45) is 0 Å². The Balaban J connectivity index is 1.59. The Morgan fingerprint density at radius 3 is 2.40 bits per heavy atom. The van der Waals surface area contributed by atoms with Gasteiger partial charge in [0.25, 0.3) is 0 Å². The molecule has 0 saturated heterocycles. The smallest absolute Gasteiger partial charge is 0.160 e. The molecule has 30 heavy (non-hydrogen) atoms. The fourth-order valence-electron chi connectivity index (χ4n) is 3.16. The third-order valence-corrected chi connectivity index (χ3v) is 4.80. The van der Waals surface area contributed by atoms with Gasteiger partial charge in [-0.1, -0.05) is 48.6 Å². The molecule has 2 aromatic carbocycles. The van der Waals surface area contributed by atoms with Crippen molar-refractivity contribution >= 4 is 28.4 Å². The lowest BCUT2D eigenvalue weighted by atomic mass is 10.0. The van der Waals surface area contributed by atoms with Crippen LogP contribution in [0.15, 0.2) is 91.0 Å². The maximum atomic E-state index is 8.97. The maximum absolute atomic E-state index is 8.97. The first kappa shape index (κ1) is 19.3. The third-order valence-electron chi connectivity index (χ3n) is 4.80. The van der Waals surface area contributed by atoms with Crippen LogP contribution in [0.1, 0.15) is 23.7 Å². The van der Waals surface area contributed by atoms with Gasteiger partial charge in [0.15, 0.2) is 5.82 Å². The van der Waals surface area contributed by atoms with Crippen LogP contribution >= 0.6 is 0 Å². The highest BCUT2D eigenvalue weighted by Crippen LogP contribution is 2.27. The molecule has 4 rings (SSSR count). The summed E-state index contributed by atoms with van der Waals surface area (Å²) in [5.74, 6) is 0.728. The Bertz CT molecular complexity index is 1200. The molecule has 0 aliphatic carbocycles. The van der Waals surface area contributed by atoms with E-state index in [1.54, 1.807) is 12.4 Å². The molecule has 5 heteroatoms. The molecule has 0 saturated carbocycles. The van der Waals surface area contributed by atoms with E-state index in [1.165, 1.54) is 0 Å². The van der Waals surface area contributed by atoms with E-state index in [-0.39, 0.29) is 0 Å². The van der Waals surface area contributed by atoms with Gasteiger partial charge in [-0.15, -0.1) is 5.10 Å². The lowest BCUT2D eigenvalue weighted by Crippen LogP contribution is -2.02. The first-order chi connectivity index (χ1) is 14.7. The molecule has 0 aliphatic heterocycles. The molecular formula is C25H22N4O. The fourth-order valence-corrected chi connectivity index (χ4v) is 3.16. The number of nitrogens with one attached hydrogen (secondary N) is 1. The van der Waals surface area contributed by atoms with Gasteiger partial charge in [0.1, 0.15) is 0 Å². The summed E-state index contributed by atoms with van der Waals surface area (Å²) < 4.78 is 0. The topological polar surface area (TPSA) is 70.9 Å². The molecule has 0 aliphatic rings. The second-order valence-electron chi connectivity index (χ2n) is 7.03. The first-order valence-electron chi connectivity index (χ1n) is 9.72. The summed E-state index contributed by atoms with van der Waals surface area (Å²) in [6.07, 6.45) is 9.20. The lowest BCUT2D eigenvalue weighted by molar-refractivity contribution is 0.469. The van der Waals surface area contributed by atoms with Gasteiger partial charge in [-0.25, -0.2) is 0 Å². The second kappa shape index (κ2) is 9.01. The summed E-state index contributed by atoms with van der Waals surface area (Å²) in [5.41, 5.74) is 4.87. The SMILES string of the molecule is CC(/C=C/c1ccc(Nc2nnc(Cc3ccncc3)c3ccccc23)cc1)=C\O. The number of aliphatic hydroxyl groups excluding tert-OH is 1. The summed E-state index contributed by atoms with van der Waals surface area (Å²) in [6, 6.07) is 20.2. The minimum absolute atomic E-state index is 0.707. The number of nitrogens with zero attached hydrogens (tertiary/aromatic N) is 3. The molecule has 0 radical (unpaired) electrons. The zero-order valence-corrected chi connectivity index (χ0v) is 16.7. The van der Waals surface area contributed by atoms with Crippen LogP contribution in [0.25, 0.3) is 16.8 Å². The number of fused-ring (bicyclic) bond motifs is 1. The van der Waals surface area contributed by atoms with Crippen LogP contribution in [0.4, 0.5) is 11.5 Å². The number of hydrogen-bond acceptors (Lipinski definition) is 5. The van der Waals surface area contributed by atoms with E-state index in [4.69, 9.17) is 5.11 Å². The van der Waals surface area contributed by atoms with E-state index >= 15 is 0 Å². The van der Waals surface area contributed by atoms with Gasteiger partial charge in [-0.05, 0) is 47.9 Å². The van der Waals surface area contributed by atoms with Crippen LogP contribution in [0.3, 0.4) is 0 Å². The average Bonchev–Trinajstić information content (AvgIpc) is 2.80. The lowest BCUT2D eigenvalue weighted by Gasteiger charge is -2.11. The highest BCUT2D eigenvalue weighted by atomic mass is 16.2. The standard InChI is InChI=1S/C25H22N4O/c1-18(17-30)6-7-19-8-10-21(11-9-19)27-25-23-5-3-2-4-22(23)24(28-29-25)16-20-12-14-26-15-13-20/h2-15,17,30H,16H2,1H3,(H,27,29)/b7-6+,18-17+. The van der Waals surface area contributed by atoms with Crippen molar-refractivity contribution < 1.29 is 5.11 Å². The Kier molecular flexibility index (Phi) is 5.80. The minimum atomic E-state index is 0.707. The molecule has 0 amide bonds. The van der Waals surface area contributed by atoms with Gasteiger partial charge < -0.3 is 10.4 Å². The number of pyridine rings is 1. The summed E-state index contributed by atoms with van der Waals surface area (Å²) >= 11 is 0. The van der Waals surface area contributed by atoms with Crippen molar-refractivity contribution in [3.8, 4) is 0 Å². The van der Waals surface area contributed by atoms with E-state index < -0.39 is 0 Å². The normalized spacial score (nSPS) is 11.8. The maximum Gasteiger partial charge on any atom is 0.160 e. The van der Waals surface area contributed by atoms with Crippen molar-refractivity contribution in [3.05, 3.63) is 108 Å². The summed E-state index contributed by atoms with van der Waals surface area (Å²) in [7, 11) is 0. The Morgan fingerprint density at radius 2 is 1.67 bits per heavy atom. The van der Waals surface area contributed by atoms with E-state index in [0.29, 0.717) is 6.42 Å². The zero-order valence-electron chi connectivity index (χ0n) is 16.7. The average molecular weight is 394 g/mol. The van der Waals surface area contributed by atoms with Gasteiger partial charge in [-0.2, -0.15) is 5.10 Å². The zero-order chi connectivity index (χ0) is 20.8. The summed E-state index contributed by atoms with van der Waals surface area (Å²) in [4.78, 5) is 4.08. The van der Waals surface area contributed by atoms with Gasteiger partial charge in [0, 0.05) is 35.3 Å². The van der Waals surface area contributed by atoms with Crippen molar-refractivity contribution in [2.45, 2.75) is 13.3 Å². The number of hydrogen-bond donors (Lipinski definition) is 2. The molecule has 0 fully saturated rings. The van der Waals surface area contributed by atoms with Crippen LogP contribution in [0.2, 0.25) is 0 Å². The first-order valence-corrected chi connectivity index (χ1v) is 9.72.